The fourth-order valence-corrected chi connectivity index (χ4v) is 3.85. The number of likely N-dealkylation sites (tertiary alicyclic amines) is 1. The summed E-state index contributed by atoms with van der Waals surface area (Å²) in [4.78, 5) is 43.2. The van der Waals surface area contributed by atoms with Crippen LogP contribution in [0, 0.1) is 0 Å². The van der Waals surface area contributed by atoms with Gasteiger partial charge < -0.3 is 24.8 Å². The number of nitrogens with one attached hydrogen (secondary N) is 1. The highest BCUT2D eigenvalue weighted by Gasteiger charge is 2.55. The molecule has 0 spiro atoms. The summed E-state index contributed by atoms with van der Waals surface area (Å²) >= 11 is 0. The number of carbonyl (C=O) groups excluding carboxylic acids is 3. The van der Waals surface area contributed by atoms with Gasteiger partial charge in [-0.15, -0.1) is 0 Å². The van der Waals surface area contributed by atoms with Gasteiger partial charge in [0.25, 0.3) is 11.8 Å². The van der Waals surface area contributed by atoms with Crippen molar-refractivity contribution in [1.82, 2.24) is 20.0 Å². The third-order valence-electron chi connectivity index (χ3n) is 5.22. The number of carbonyl (C=O) groups is 3. The molecule has 3 saturated heterocycles. The summed E-state index contributed by atoms with van der Waals surface area (Å²) in [5.41, 5.74) is -1.37. The molecule has 0 bridgehead atoms. The predicted molar refractivity (Wildman–Crippen MR) is 86.2 cm³/mol. The van der Waals surface area contributed by atoms with Gasteiger partial charge in [-0.1, -0.05) is 0 Å². The van der Waals surface area contributed by atoms with E-state index in [0.717, 1.165) is 12.8 Å². The van der Waals surface area contributed by atoms with Crippen LogP contribution in [0.4, 0.5) is 0 Å². The molecule has 3 heterocycles. The number of hydrogen-bond acceptors (Lipinski definition) is 5. The second-order valence-electron chi connectivity index (χ2n) is 6.56. The normalized spacial score (nSPS) is 28.6. The molecule has 1 atom stereocenters. The Labute approximate surface area is 142 Å². The van der Waals surface area contributed by atoms with E-state index < -0.39 is 5.54 Å². The number of rotatable bonds is 3. The number of ether oxygens (including phenoxy) is 1. The van der Waals surface area contributed by atoms with Crippen LogP contribution in [0.2, 0.25) is 0 Å². The molecular weight excluding hydrogens is 312 g/mol. The van der Waals surface area contributed by atoms with Gasteiger partial charge in [0.05, 0.1) is 13.2 Å². The van der Waals surface area contributed by atoms with Crippen LogP contribution in [0.5, 0.6) is 0 Å². The minimum absolute atomic E-state index is 0.215. The van der Waals surface area contributed by atoms with Gasteiger partial charge in [0.15, 0.2) is 0 Å². The third kappa shape index (κ3) is 3.00. The van der Waals surface area contributed by atoms with Crippen molar-refractivity contribution in [1.29, 1.82) is 0 Å². The zero-order chi connectivity index (χ0) is 17.0. The van der Waals surface area contributed by atoms with Crippen LogP contribution in [0.25, 0.3) is 0 Å². The second kappa shape index (κ2) is 7.48. The van der Waals surface area contributed by atoms with Gasteiger partial charge in [-0.3, -0.25) is 14.4 Å². The molecule has 0 saturated carbocycles. The highest BCUT2D eigenvalue weighted by atomic mass is 16.5. The van der Waals surface area contributed by atoms with E-state index in [-0.39, 0.29) is 11.8 Å². The molecule has 3 amide bonds. The van der Waals surface area contributed by atoms with Crippen LogP contribution in [-0.4, -0.2) is 97.5 Å². The lowest BCUT2D eigenvalue weighted by Crippen LogP contribution is -2.70. The van der Waals surface area contributed by atoms with Crippen molar-refractivity contribution in [2.24, 2.45) is 0 Å². The summed E-state index contributed by atoms with van der Waals surface area (Å²) < 4.78 is 5.32. The Morgan fingerprint density at radius 1 is 0.917 bits per heavy atom. The maximum atomic E-state index is 13.3. The van der Waals surface area contributed by atoms with Gasteiger partial charge in [0.2, 0.25) is 11.9 Å². The summed E-state index contributed by atoms with van der Waals surface area (Å²) in [6.45, 7) is 4.94. The first-order valence-electron chi connectivity index (χ1n) is 8.79. The number of amides is 3. The number of piperidine rings is 1. The smallest absolute Gasteiger partial charge is 0.258 e. The molecule has 3 aliphatic rings. The summed E-state index contributed by atoms with van der Waals surface area (Å²) in [5.74, 6) is -0.451. The standard InChI is InChI=1S/C16H26N4O4/c21-13-20-6-2-1-3-16(20,14(22)18-7-4-17-5-8-18)15(23)19-9-11-24-12-10-19/h13,17H,1-12H2. The molecule has 3 rings (SSSR count). The van der Waals surface area contributed by atoms with E-state index in [1.807, 2.05) is 0 Å². The Kier molecular flexibility index (Phi) is 5.35. The van der Waals surface area contributed by atoms with E-state index in [1.54, 1.807) is 9.80 Å². The maximum absolute atomic E-state index is 13.3. The zero-order valence-corrected chi connectivity index (χ0v) is 14.0. The van der Waals surface area contributed by atoms with E-state index in [2.05, 4.69) is 5.32 Å². The van der Waals surface area contributed by atoms with Gasteiger partial charge in [-0.05, 0) is 19.3 Å². The first-order chi connectivity index (χ1) is 11.7. The van der Waals surface area contributed by atoms with Gasteiger partial charge in [0, 0.05) is 45.8 Å². The lowest BCUT2D eigenvalue weighted by atomic mass is 9.83. The topological polar surface area (TPSA) is 82.2 Å². The monoisotopic (exact) mass is 338 g/mol. The van der Waals surface area contributed by atoms with Crippen LogP contribution in [0.1, 0.15) is 19.3 Å². The first-order valence-corrected chi connectivity index (χ1v) is 8.79. The second-order valence-corrected chi connectivity index (χ2v) is 6.56. The molecular formula is C16H26N4O4. The summed E-state index contributed by atoms with van der Waals surface area (Å²) in [6.07, 6.45) is 2.69. The van der Waals surface area contributed by atoms with E-state index in [0.29, 0.717) is 71.9 Å². The van der Waals surface area contributed by atoms with Gasteiger partial charge in [-0.2, -0.15) is 0 Å². The molecule has 8 heteroatoms. The molecule has 3 fully saturated rings. The highest BCUT2D eigenvalue weighted by molar-refractivity contribution is 6.11. The Bertz CT molecular complexity index is 456. The predicted octanol–water partition coefficient (Wildman–Crippen LogP) is -1.34. The van der Waals surface area contributed by atoms with E-state index in [4.69, 9.17) is 4.74 Å². The Hall–Kier alpha value is -1.67. The van der Waals surface area contributed by atoms with Gasteiger partial charge in [-0.25, -0.2) is 0 Å². The molecule has 0 aliphatic carbocycles. The van der Waals surface area contributed by atoms with Crippen LogP contribution in [0.15, 0.2) is 0 Å². The molecule has 24 heavy (non-hydrogen) atoms. The molecule has 0 radical (unpaired) electrons. The van der Waals surface area contributed by atoms with Gasteiger partial charge >= 0.3 is 0 Å². The van der Waals surface area contributed by atoms with Crippen LogP contribution < -0.4 is 5.32 Å². The number of morpholine rings is 1. The van der Waals surface area contributed by atoms with Crippen LogP contribution >= 0.6 is 0 Å². The number of nitrogens with zero attached hydrogens (tertiary/aromatic N) is 3. The van der Waals surface area contributed by atoms with Crippen molar-refractivity contribution in [2.45, 2.75) is 24.8 Å². The van der Waals surface area contributed by atoms with E-state index in [1.165, 1.54) is 4.90 Å². The Morgan fingerprint density at radius 2 is 1.54 bits per heavy atom. The first kappa shape index (κ1) is 17.2. The van der Waals surface area contributed by atoms with Crippen molar-refractivity contribution in [3.05, 3.63) is 0 Å². The van der Waals surface area contributed by atoms with Crippen molar-refractivity contribution in [3.63, 3.8) is 0 Å². The summed E-state index contributed by atoms with van der Waals surface area (Å²) in [6, 6.07) is 0. The van der Waals surface area contributed by atoms with Crippen LogP contribution in [-0.2, 0) is 19.1 Å². The Morgan fingerprint density at radius 3 is 2.17 bits per heavy atom. The molecule has 8 nitrogen and oxygen atoms in total. The number of hydrogen-bond donors (Lipinski definition) is 1. The third-order valence-corrected chi connectivity index (χ3v) is 5.22. The van der Waals surface area contributed by atoms with Crippen LogP contribution in [0.3, 0.4) is 0 Å². The fourth-order valence-electron chi connectivity index (χ4n) is 3.85. The quantitative estimate of drug-likeness (QED) is 0.509. The SMILES string of the molecule is O=CN1CCCCC1(C(=O)N1CCNCC1)C(=O)N1CCOCC1. The summed E-state index contributed by atoms with van der Waals surface area (Å²) in [5, 5.41) is 3.21. The Balaban J connectivity index is 1.91. The minimum atomic E-state index is -1.37. The molecule has 3 aliphatic heterocycles. The van der Waals surface area contributed by atoms with Crippen molar-refractivity contribution < 1.29 is 19.1 Å². The summed E-state index contributed by atoms with van der Waals surface area (Å²) in [7, 11) is 0. The molecule has 0 aromatic carbocycles. The largest absolute Gasteiger partial charge is 0.378 e. The molecule has 0 aromatic heterocycles. The molecule has 134 valence electrons. The van der Waals surface area contributed by atoms with Gasteiger partial charge in [0.1, 0.15) is 0 Å². The number of piperazine rings is 1. The highest BCUT2D eigenvalue weighted by Crippen LogP contribution is 2.32. The van der Waals surface area contributed by atoms with Crippen molar-refractivity contribution >= 4 is 18.2 Å². The maximum Gasteiger partial charge on any atom is 0.258 e. The molecule has 0 aromatic rings. The average molecular weight is 338 g/mol. The lowest BCUT2D eigenvalue weighted by Gasteiger charge is -2.47. The molecule has 1 unspecified atom stereocenters. The van der Waals surface area contributed by atoms with Crippen molar-refractivity contribution in [3.8, 4) is 0 Å². The lowest BCUT2D eigenvalue weighted by molar-refractivity contribution is -0.167. The average Bonchev–Trinajstić information content (AvgIpc) is 2.68. The van der Waals surface area contributed by atoms with E-state index >= 15 is 0 Å². The zero-order valence-electron chi connectivity index (χ0n) is 14.0. The molecule has 1 N–H and O–H groups in total. The van der Waals surface area contributed by atoms with E-state index in [9.17, 15) is 14.4 Å². The fraction of sp³-hybridized carbons (Fsp3) is 0.812. The van der Waals surface area contributed by atoms with Crippen molar-refractivity contribution in [2.75, 3.05) is 59.0 Å². The minimum Gasteiger partial charge on any atom is -0.378 e.